The third-order valence-electron chi connectivity index (χ3n) is 9.43. The quantitative estimate of drug-likeness (QED) is 0.0193. The van der Waals surface area contributed by atoms with E-state index in [4.69, 9.17) is 33.2 Å². The van der Waals surface area contributed by atoms with Crippen molar-refractivity contribution in [2.45, 2.75) is 110 Å². The smallest absolute Gasteiger partial charge is 0.344 e. The lowest BCUT2D eigenvalue weighted by atomic mass is 10.0. The summed E-state index contributed by atoms with van der Waals surface area (Å²) in [6.45, 7) is 10.9. The van der Waals surface area contributed by atoms with Gasteiger partial charge in [-0.1, -0.05) is 90.7 Å². The normalized spacial score (nSPS) is 10.6. The summed E-state index contributed by atoms with van der Waals surface area (Å²) in [6, 6.07) is 17.4. The van der Waals surface area contributed by atoms with E-state index in [0.717, 1.165) is 96.3 Å². The molecule has 12 heteroatoms. The highest BCUT2D eigenvalue weighted by molar-refractivity contribution is 6.06. The van der Waals surface area contributed by atoms with E-state index in [2.05, 4.69) is 20.1 Å². The molecule has 3 rings (SSSR count). The van der Waals surface area contributed by atoms with E-state index in [1.807, 2.05) is 0 Å². The molecule has 0 aliphatic rings. The Morgan fingerprint density at radius 2 is 0.820 bits per heavy atom. The first kappa shape index (κ1) is 49.5. The van der Waals surface area contributed by atoms with E-state index in [-0.39, 0.29) is 34.8 Å². The molecule has 3 aromatic rings. The number of hydrogen-bond acceptors (Lipinski definition) is 12. The summed E-state index contributed by atoms with van der Waals surface area (Å²) < 4.78 is 38.4. The van der Waals surface area contributed by atoms with Gasteiger partial charge in [0.25, 0.3) is 0 Å². The van der Waals surface area contributed by atoms with Crippen molar-refractivity contribution in [1.29, 1.82) is 0 Å². The van der Waals surface area contributed by atoms with Crippen LogP contribution in [0.15, 0.2) is 92.0 Å². The fourth-order valence-corrected chi connectivity index (χ4v) is 5.99. The van der Waals surface area contributed by atoms with Crippen molar-refractivity contribution in [1.82, 2.24) is 0 Å². The third-order valence-corrected chi connectivity index (χ3v) is 9.43. The van der Waals surface area contributed by atoms with Crippen LogP contribution in [-0.2, 0) is 23.8 Å². The minimum atomic E-state index is -0.787. The Bertz CT molecular complexity index is 1800. The van der Waals surface area contributed by atoms with Crippen LogP contribution < -0.4 is 18.9 Å². The molecule has 0 saturated carbocycles. The van der Waals surface area contributed by atoms with Crippen LogP contribution in [0.3, 0.4) is 0 Å². The zero-order valence-electron chi connectivity index (χ0n) is 35.7. The van der Waals surface area contributed by atoms with Gasteiger partial charge in [0.05, 0.1) is 49.7 Å². The first-order chi connectivity index (χ1) is 29.7. The molecule has 0 aliphatic carbocycles. The second-order valence-corrected chi connectivity index (χ2v) is 14.4. The Morgan fingerprint density at radius 3 is 1.28 bits per heavy atom. The van der Waals surface area contributed by atoms with Gasteiger partial charge in [-0.05, 0) is 98.8 Å². The maximum absolute atomic E-state index is 13.4. The van der Waals surface area contributed by atoms with E-state index in [9.17, 15) is 24.0 Å². The minimum absolute atomic E-state index is 0.0544. The van der Waals surface area contributed by atoms with Gasteiger partial charge in [-0.15, -0.1) is 0 Å². The zero-order chi connectivity index (χ0) is 43.9. The van der Waals surface area contributed by atoms with Gasteiger partial charge in [-0.2, -0.15) is 0 Å². The molecule has 0 bridgehead atoms. The number of ether oxygens (including phenoxy) is 7. The van der Waals surface area contributed by atoms with Crippen LogP contribution in [0.4, 0.5) is 0 Å². The highest BCUT2D eigenvalue weighted by Gasteiger charge is 2.23. The maximum atomic E-state index is 13.4. The van der Waals surface area contributed by atoms with Crippen LogP contribution >= 0.6 is 0 Å². The van der Waals surface area contributed by atoms with Crippen LogP contribution in [-0.4, -0.2) is 62.9 Å². The van der Waals surface area contributed by atoms with E-state index in [1.165, 1.54) is 30.4 Å². The van der Waals surface area contributed by atoms with E-state index >= 15 is 0 Å². The van der Waals surface area contributed by atoms with Gasteiger partial charge >= 0.3 is 29.8 Å². The minimum Gasteiger partial charge on any atom is -0.494 e. The average Bonchev–Trinajstić information content (AvgIpc) is 3.28. The highest BCUT2D eigenvalue weighted by atomic mass is 16.6. The van der Waals surface area contributed by atoms with E-state index in [1.54, 1.807) is 48.5 Å². The zero-order valence-corrected chi connectivity index (χ0v) is 35.7. The number of carbonyl (C=O) groups excluding carboxylic acids is 5. The molecule has 0 fully saturated rings. The molecule has 0 spiro atoms. The van der Waals surface area contributed by atoms with Gasteiger partial charge in [0, 0.05) is 12.2 Å². The number of rotatable bonds is 32. The molecule has 0 heterocycles. The van der Waals surface area contributed by atoms with Gasteiger partial charge in [0.1, 0.15) is 23.0 Å². The molecule has 0 saturated heterocycles. The lowest BCUT2D eigenvalue weighted by Gasteiger charge is -2.12. The second-order valence-electron chi connectivity index (χ2n) is 14.4. The molecule has 0 radical (unpaired) electrons. The van der Waals surface area contributed by atoms with E-state index < -0.39 is 29.8 Å². The van der Waals surface area contributed by atoms with Crippen LogP contribution in [0.2, 0.25) is 0 Å². The second kappa shape index (κ2) is 30.2. The van der Waals surface area contributed by atoms with Crippen LogP contribution in [0.5, 0.6) is 23.0 Å². The Morgan fingerprint density at radius 1 is 0.426 bits per heavy atom. The lowest BCUT2D eigenvalue weighted by molar-refractivity contribution is -0.138. The summed E-state index contributed by atoms with van der Waals surface area (Å²) in [5, 5.41) is 0. The molecule has 0 N–H and O–H groups in total. The Kier molecular flexibility index (Phi) is 24.5. The van der Waals surface area contributed by atoms with E-state index in [0.29, 0.717) is 44.3 Å². The lowest BCUT2D eigenvalue weighted by Crippen LogP contribution is -2.18. The standard InChI is InChI=1S/C49H62O12/c1-4-7-8-17-36-59-48(53)44-37-38(47(52)60-41-27-23-39(24-28-41)55-32-18-13-9-11-15-20-34-57-45(50)5-2)22-31-43(44)49(54)61-42-29-25-40(26-30-42)56-33-19-14-10-12-16-21-35-58-46(51)6-3/h5-6,22-31,37H,2-4,7-21,32-36H2,1H3. The predicted molar refractivity (Wildman–Crippen MR) is 232 cm³/mol. The van der Waals surface area contributed by atoms with Gasteiger partial charge in [-0.25, -0.2) is 24.0 Å². The number of esters is 5. The van der Waals surface area contributed by atoms with Crippen LogP contribution in [0, 0.1) is 0 Å². The largest absolute Gasteiger partial charge is 0.494 e. The molecule has 330 valence electrons. The summed E-state index contributed by atoms with van der Waals surface area (Å²) in [5.74, 6) is -1.24. The Labute approximate surface area is 360 Å². The maximum Gasteiger partial charge on any atom is 0.344 e. The fraction of sp³-hybridized carbons (Fsp3) is 0.449. The van der Waals surface area contributed by atoms with Crippen molar-refractivity contribution in [3.8, 4) is 23.0 Å². The molecule has 3 aromatic carbocycles. The SMILES string of the molecule is C=CC(=O)OCCCCCCCCOc1ccc(OC(=O)c2ccc(C(=O)Oc3ccc(OCCCCCCCCOC(=O)C=C)cc3)c(C(=O)OCCCCCC)c2)cc1. The van der Waals surface area contributed by atoms with Gasteiger partial charge in [0.15, 0.2) is 0 Å². The molecule has 12 nitrogen and oxygen atoms in total. The van der Waals surface area contributed by atoms with Crippen LogP contribution in [0.1, 0.15) is 141 Å². The van der Waals surface area contributed by atoms with Gasteiger partial charge < -0.3 is 33.2 Å². The topological polar surface area (TPSA) is 150 Å². The number of benzene rings is 3. The van der Waals surface area contributed by atoms with Crippen molar-refractivity contribution in [3.05, 3.63) is 109 Å². The predicted octanol–water partition coefficient (Wildman–Crippen LogP) is 10.8. The molecule has 0 amide bonds. The summed E-state index contributed by atoms with van der Waals surface area (Å²) in [7, 11) is 0. The molecule has 0 unspecified atom stereocenters. The van der Waals surface area contributed by atoms with Crippen molar-refractivity contribution in [2.24, 2.45) is 0 Å². The average molecular weight is 843 g/mol. The van der Waals surface area contributed by atoms with Gasteiger partial charge in [-0.3, -0.25) is 0 Å². The van der Waals surface area contributed by atoms with Crippen LogP contribution in [0.25, 0.3) is 0 Å². The summed E-state index contributed by atoms with van der Waals surface area (Å²) >= 11 is 0. The molecule has 0 aliphatic heterocycles. The first-order valence-electron chi connectivity index (χ1n) is 21.5. The number of hydrogen-bond donors (Lipinski definition) is 0. The Hall–Kier alpha value is -5.91. The highest BCUT2D eigenvalue weighted by Crippen LogP contribution is 2.24. The molecular formula is C49H62O12. The van der Waals surface area contributed by atoms with Crippen molar-refractivity contribution in [2.75, 3.05) is 33.0 Å². The molecule has 61 heavy (non-hydrogen) atoms. The first-order valence-corrected chi connectivity index (χ1v) is 21.5. The van der Waals surface area contributed by atoms with Crippen molar-refractivity contribution in [3.63, 3.8) is 0 Å². The summed E-state index contributed by atoms with van der Waals surface area (Å²) in [6.07, 6.45) is 17.6. The third kappa shape index (κ3) is 20.8. The monoisotopic (exact) mass is 842 g/mol. The summed E-state index contributed by atoms with van der Waals surface area (Å²) in [4.78, 5) is 62.1. The molecular weight excluding hydrogens is 781 g/mol. The van der Waals surface area contributed by atoms with Crippen molar-refractivity contribution >= 4 is 29.8 Å². The Balaban J connectivity index is 1.49. The fourth-order valence-electron chi connectivity index (χ4n) is 5.99. The molecule has 0 atom stereocenters. The van der Waals surface area contributed by atoms with Crippen molar-refractivity contribution < 1.29 is 57.1 Å². The summed E-state index contributed by atoms with van der Waals surface area (Å²) in [5.41, 5.74) is -0.106. The molecule has 0 aromatic heterocycles. The van der Waals surface area contributed by atoms with Gasteiger partial charge in [0.2, 0.25) is 0 Å². The number of carbonyl (C=O) groups is 5. The number of unbranched alkanes of at least 4 members (excludes halogenated alkanes) is 13.